The van der Waals surface area contributed by atoms with Crippen LogP contribution in [0.1, 0.15) is 26.2 Å². The van der Waals surface area contributed by atoms with Gasteiger partial charge in [0.2, 0.25) is 23.6 Å². The summed E-state index contributed by atoms with van der Waals surface area (Å²) in [6.07, 6.45) is -0.776. The second-order valence-electron chi connectivity index (χ2n) is 6.69. The molecule has 0 aliphatic carbocycles. The van der Waals surface area contributed by atoms with Gasteiger partial charge in [0.15, 0.2) is 6.04 Å². The number of nitrogens with two attached hydrogens (primary N) is 1. The van der Waals surface area contributed by atoms with Crippen LogP contribution < -0.4 is 27.0 Å². The maximum absolute atomic E-state index is 12.4. The van der Waals surface area contributed by atoms with E-state index in [0.717, 1.165) is 13.3 Å². The molecule has 0 aromatic rings. The van der Waals surface area contributed by atoms with Crippen molar-refractivity contribution in [1.29, 1.82) is 0 Å². The third-order valence-electron chi connectivity index (χ3n) is 4.28. The smallest absolute Gasteiger partial charge is 0.328 e. The van der Waals surface area contributed by atoms with E-state index in [-0.39, 0.29) is 0 Å². The van der Waals surface area contributed by atoms with Crippen LogP contribution in [-0.4, -0.2) is 88.3 Å². The van der Waals surface area contributed by atoms with Crippen molar-refractivity contribution in [1.82, 2.24) is 21.3 Å². The normalized spacial score (nSPS) is 20.0. The van der Waals surface area contributed by atoms with Gasteiger partial charge in [-0.2, -0.15) is 0 Å². The topological polar surface area (TPSA) is 220 Å². The van der Waals surface area contributed by atoms with Gasteiger partial charge in [-0.25, -0.2) is 4.79 Å². The van der Waals surface area contributed by atoms with Crippen molar-refractivity contribution in [3.8, 4) is 0 Å². The van der Waals surface area contributed by atoms with Crippen molar-refractivity contribution < 1.29 is 39.3 Å². The van der Waals surface area contributed by atoms with Crippen molar-refractivity contribution in [3.05, 3.63) is 0 Å². The minimum Gasteiger partial charge on any atom is -0.480 e. The highest BCUT2D eigenvalue weighted by Gasteiger charge is 2.33. The Morgan fingerprint density at radius 3 is 2.17 bits per heavy atom. The molecule has 1 rings (SSSR count). The Bertz CT molecular complexity index is 635. The van der Waals surface area contributed by atoms with E-state index in [1.807, 2.05) is 5.32 Å². The Hall–Kier alpha value is -2.77. The summed E-state index contributed by atoms with van der Waals surface area (Å²) in [6, 6.07) is -5.17. The number of amides is 4. The number of aliphatic hydroxyl groups excluding tert-OH is 2. The summed E-state index contributed by atoms with van der Waals surface area (Å²) in [7, 11) is 0. The molecule has 0 aromatic carbocycles. The minimum absolute atomic E-state index is 0.507. The average molecular weight is 417 g/mol. The lowest BCUT2D eigenvalue weighted by Gasteiger charge is -2.24. The van der Waals surface area contributed by atoms with Crippen LogP contribution in [-0.2, 0) is 24.0 Å². The number of hydrogen-bond donors (Lipinski definition) is 8. The Kier molecular flexibility index (Phi) is 9.44. The van der Waals surface area contributed by atoms with Gasteiger partial charge in [0, 0.05) is 0 Å². The summed E-state index contributed by atoms with van der Waals surface area (Å²) in [6.45, 7) is 0.999. The molecule has 9 N–H and O–H groups in total. The first-order valence-electron chi connectivity index (χ1n) is 9.01. The first kappa shape index (κ1) is 24.3. The van der Waals surface area contributed by atoms with E-state index in [1.54, 1.807) is 0 Å². The van der Waals surface area contributed by atoms with E-state index < -0.39 is 72.9 Å². The van der Waals surface area contributed by atoms with E-state index >= 15 is 0 Å². The largest absolute Gasteiger partial charge is 0.480 e. The summed E-state index contributed by atoms with van der Waals surface area (Å²) in [5.41, 5.74) is 5.07. The van der Waals surface area contributed by atoms with Crippen molar-refractivity contribution >= 4 is 29.6 Å². The third-order valence-corrected chi connectivity index (χ3v) is 4.28. The van der Waals surface area contributed by atoms with Gasteiger partial charge in [-0.05, 0) is 26.3 Å². The molecule has 0 radical (unpaired) electrons. The van der Waals surface area contributed by atoms with Crippen LogP contribution >= 0.6 is 0 Å². The van der Waals surface area contributed by atoms with Crippen LogP contribution in [0, 0.1) is 0 Å². The number of rotatable bonds is 11. The number of carbonyl (C=O) groups is 5. The zero-order chi connectivity index (χ0) is 22.1. The van der Waals surface area contributed by atoms with Gasteiger partial charge >= 0.3 is 5.97 Å². The number of carboxylic acids is 1. The lowest BCUT2D eigenvalue weighted by atomic mass is 10.1. The first-order chi connectivity index (χ1) is 13.6. The Morgan fingerprint density at radius 1 is 1.10 bits per heavy atom. The highest BCUT2D eigenvalue weighted by molar-refractivity contribution is 5.96. The van der Waals surface area contributed by atoms with Gasteiger partial charge in [-0.1, -0.05) is 0 Å². The number of carbonyl (C=O) groups excluding carboxylic acids is 4. The molecule has 1 heterocycles. The molecule has 0 bridgehead atoms. The number of nitrogens with one attached hydrogen (secondary N) is 4. The molecule has 13 heteroatoms. The van der Waals surface area contributed by atoms with Gasteiger partial charge in [-0.15, -0.1) is 0 Å². The fraction of sp³-hybridized carbons (Fsp3) is 0.688. The molecule has 0 saturated carbocycles. The molecule has 164 valence electrons. The first-order valence-corrected chi connectivity index (χ1v) is 9.01. The lowest BCUT2D eigenvalue weighted by molar-refractivity contribution is -0.145. The lowest BCUT2D eigenvalue weighted by Crippen LogP contribution is -2.59. The summed E-state index contributed by atoms with van der Waals surface area (Å²) >= 11 is 0. The summed E-state index contributed by atoms with van der Waals surface area (Å²) in [5, 5.41) is 37.3. The standard InChI is InChI=1S/C16H27N5O8/c1-7(23)12(16(28)29)21-14(26)9(5-11(17)24)19-15(27)10(6-22)20-13(25)8-3-2-4-18-8/h7-10,12,18,22-23H,2-6H2,1H3,(H2,17,24)(H,19,27)(H,20,25)(H,21,26)(H,28,29). The molecule has 29 heavy (non-hydrogen) atoms. The summed E-state index contributed by atoms with van der Waals surface area (Å²) in [5.74, 6) is -5.04. The number of carboxylic acid groups (broad SMARTS) is 1. The molecule has 1 aliphatic heterocycles. The minimum atomic E-state index is -1.68. The van der Waals surface area contributed by atoms with Crippen LogP contribution in [0.5, 0.6) is 0 Å². The van der Waals surface area contributed by atoms with Gasteiger partial charge in [0.1, 0.15) is 12.1 Å². The number of aliphatic carboxylic acids is 1. The SMILES string of the molecule is CC(O)C(NC(=O)C(CC(N)=O)NC(=O)C(CO)NC(=O)C1CCCN1)C(=O)O. The van der Waals surface area contributed by atoms with Crippen LogP contribution in [0.3, 0.4) is 0 Å². The predicted molar refractivity (Wildman–Crippen MR) is 97.0 cm³/mol. The molecule has 1 fully saturated rings. The molecule has 4 amide bonds. The van der Waals surface area contributed by atoms with E-state index in [2.05, 4.69) is 16.0 Å². The van der Waals surface area contributed by atoms with Gasteiger partial charge in [0.05, 0.1) is 25.2 Å². The van der Waals surface area contributed by atoms with Crippen LogP contribution in [0.15, 0.2) is 0 Å². The van der Waals surface area contributed by atoms with Gasteiger partial charge in [-0.3, -0.25) is 19.2 Å². The number of primary amides is 1. The molecular formula is C16H27N5O8. The maximum atomic E-state index is 12.4. The molecule has 5 unspecified atom stereocenters. The fourth-order valence-corrected chi connectivity index (χ4v) is 2.70. The monoisotopic (exact) mass is 417 g/mol. The van der Waals surface area contributed by atoms with Crippen LogP contribution in [0.4, 0.5) is 0 Å². The number of aliphatic hydroxyl groups is 2. The van der Waals surface area contributed by atoms with Crippen LogP contribution in [0.2, 0.25) is 0 Å². The third kappa shape index (κ3) is 7.63. The highest BCUT2D eigenvalue weighted by atomic mass is 16.4. The molecule has 0 aromatic heterocycles. The van der Waals surface area contributed by atoms with Crippen molar-refractivity contribution in [2.24, 2.45) is 5.73 Å². The second kappa shape index (κ2) is 11.3. The fourth-order valence-electron chi connectivity index (χ4n) is 2.70. The quantitative estimate of drug-likeness (QED) is 0.162. The highest BCUT2D eigenvalue weighted by Crippen LogP contribution is 2.05. The average Bonchev–Trinajstić information content (AvgIpc) is 3.16. The molecular weight excluding hydrogens is 390 g/mol. The summed E-state index contributed by atoms with van der Waals surface area (Å²) in [4.78, 5) is 59.1. The zero-order valence-corrected chi connectivity index (χ0v) is 15.9. The zero-order valence-electron chi connectivity index (χ0n) is 15.9. The molecule has 0 spiro atoms. The van der Waals surface area contributed by atoms with Gasteiger partial charge in [0.25, 0.3) is 0 Å². The van der Waals surface area contributed by atoms with Crippen LogP contribution in [0.25, 0.3) is 0 Å². The van der Waals surface area contributed by atoms with E-state index in [0.29, 0.717) is 13.0 Å². The van der Waals surface area contributed by atoms with Crippen molar-refractivity contribution in [3.63, 3.8) is 0 Å². The van der Waals surface area contributed by atoms with E-state index in [4.69, 9.17) is 10.8 Å². The Labute approximate surface area is 166 Å². The van der Waals surface area contributed by atoms with E-state index in [9.17, 15) is 34.2 Å². The predicted octanol–water partition coefficient (Wildman–Crippen LogP) is -4.47. The maximum Gasteiger partial charge on any atom is 0.328 e. The Morgan fingerprint density at radius 2 is 1.72 bits per heavy atom. The van der Waals surface area contributed by atoms with Gasteiger partial charge < -0.3 is 42.3 Å². The Balaban J connectivity index is 2.81. The van der Waals surface area contributed by atoms with E-state index in [1.165, 1.54) is 0 Å². The van der Waals surface area contributed by atoms with Crippen molar-refractivity contribution in [2.75, 3.05) is 13.2 Å². The van der Waals surface area contributed by atoms with Crippen molar-refractivity contribution in [2.45, 2.75) is 56.5 Å². The molecule has 1 aliphatic rings. The molecule has 5 atom stereocenters. The molecule has 1 saturated heterocycles. The number of hydrogen-bond acceptors (Lipinski definition) is 8. The molecule has 13 nitrogen and oxygen atoms in total. The second-order valence-corrected chi connectivity index (χ2v) is 6.69. The summed E-state index contributed by atoms with van der Waals surface area (Å²) < 4.78 is 0.